The summed E-state index contributed by atoms with van der Waals surface area (Å²) in [7, 11) is 0. The molecule has 2 aliphatic rings. The first-order chi connectivity index (χ1) is 8.28. The SMILES string of the molecule is O=CC1(CN2CCN(CCO)CC2)CCCC1. The van der Waals surface area contributed by atoms with Crippen molar-refractivity contribution in [2.24, 2.45) is 5.41 Å². The number of hydrogen-bond donors (Lipinski definition) is 1. The number of aliphatic hydroxyl groups is 1. The number of rotatable bonds is 5. The highest BCUT2D eigenvalue weighted by atomic mass is 16.3. The van der Waals surface area contributed by atoms with Gasteiger partial charge in [-0.05, 0) is 12.8 Å². The normalized spacial score (nSPS) is 26.2. The zero-order chi connectivity index (χ0) is 12.1. The molecule has 1 saturated carbocycles. The molecule has 0 atom stereocenters. The molecule has 1 aliphatic heterocycles. The molecule has 0 spiro atoms. The molecule has 0 radical (unpaired) electrons. The van der Waals surface area contributed by atoms with Crippen LogP contribution in [0.25, 0.3) is 0 Å². The van der Waals surface area contributed by atoms with Gasteiger partial charge in [0.25, 0.3) is 0 Å². The molecule has 1 aliphatic carbocycles. The summed E-state index contributed by atoms with van der Waals surface area (Å²) in [5, 5.41) is 8.89. The maximum Gasteiger partial charge on any atom is 0.127 e. The largest absolute Gasteiger partial charge is 0.395 e. The fraction of sp³-hybridized carbons (Fsp3) is 0.923. The van der Waals surface area contributed by atoms with E-state index in [0.29, 0.717) is 0 Å². The maximum atomic E-state index is 11.3. The molecule has 0 aromatic heterocycles. The first-order valence-electron chi connectivity index (χ1n) is 6.80. The van der Waals surface area contributed by atoms with Crippen molar-refractivity contribution < 1.29 is 9.90 Å². The molecular formula is C13H24N2O2. The second kappa shape index (κ2) is 5.94. The second-order valence-electron chi connectivity index (χ2n) is 5.53. The first kappa shape index (κ1) is 13.0. The summed E-state index contributed by atoms with van der Waals surface area (Å²) in [4.78, 5) is 16.0. The van der Waals surface area contributed by atoms with Crippen LogP contribution in [0.15, 0.2) is 0 Å². The monoisotopic (exact) mass is 240 g/mol. The third-order valence-electron chi connectivity index (χ3n) is 4.27. The molecule has 0 unspecified atom stereocenters. The molecule has 1 N–H and O–H groups in total. The molecule has 1 saturated heterocycles. The van der Waals surface area contributed by atoms with Crippen LogP contribution in [0.2, 0.25) is 0 Å². The summed E-state index contributed by atoms with van der Waals surface area (Å²) in [6, 6.07) is 0. The fourth-order valence-corrected chi connectivity index (χ4v) is 3.15. The highest BCUT2D eigenvalue weighted by molar-refractivity contribution is 5.60. The van der Waals surface area contributed by atoms with Crippen LogP contribution in [0.1, 0.15) is 25.7 Å². The Hall–Kier alpha value is -0.450. The predicted molar refractivity (Wildman–Crippen MR) is 66.9 cm³/mol. The third-order valence-corrected chi connectivity index (χ3v) is 4.27. The minimum atomic E-state index is -0.0425. The maximum absolute atomic E-state index is 11.3. The zero-order valence-electron chi connectivity index (χ0n) is 10.6. The van der Waals surface area contributed by atoms with Gasteiger partial charge in [-0.1, -0.05) is 12.8 Å². The summed E-state index contributed by atoms with van der Waals surface area (Å²) < 4.78 is 0. The van der Waals surface area contributed by atoms with Gasteiger partial charge in [0.1, 0.15) is 6.29 Å². The number of β-amino-alcohol motifs (C(OH)–C–C–N with tert-alkyl or cyclic N) is 1. The van der Waals surface area contributed by atoms with Crippen molar-refractivity contribution >= 4 is 6.29 Å². The van der Waals surface area contributed by atoms with E-state index in [9.17, 15) is 4.79 Å². The van der Waals surface area contributed by atoms with Crippen LogP contribution in [0, 0.1) is 5.41 Å². The van der Waals surface area contributed by atoms with Crippen molar-refractivity contribution in [2.75, 3.05) is 45.9 Å². The van der Waals surface area contributed by atoms with Crippen molar-refractivity contribution in [3.8, 4) is 0 Å². The highest BCUT2D eigenvalue weighted by Crippen LogP contribution is 2.36. The van der Waals surface area contributed by atoms with Crippen molar-refractivity contribution in [2.45, 2.75) is 25.7 Å². The Bertz CT molecular complexity index is 244. The molecule has 4 nitrogen and oxygen atoms in total. The van der Waals surface area contributed by atoms with E-state index in [1.54, 1.807) is 0 Å². The lowest BCUT2D eigenvalue weighted by atomic mass is 9.87. The third kappa shape index (κ3) is 3.27. The predicted octanol–water partition coefficient (Wildman–Crippen LogP) is 0.356. The highest BCUT2D eigenvalue weighted by Gasteiger charge is 2.35. The second-order valence-corrected chi connectivity index (χ2v) is 5.53. The van der Waals surface area contributed by atoms with Gasteiger partial charge >= 0.3 is 0 Å². The van der Waals surface area contributed by atoms with Crippen LogP contribution >= 0.6 is 0 Å². The standard InChI is InChI=1S/C13H24N2O2/c16-10-9-14-5-7-15(8-6-14)11-13(12-17)3-1-2-4-13/h12,16H,1-11H2. The lowest BCUT2D eigenvalue weighted by Gasteiger charge is -2.38. The average Bonchev–Trinajstić information content (AvgIpc) is 2.81. The topological polar surface area (TPSA) is 43.8 Å². The molecule has 0 bridgehead atoms. The summed E-state index contributed by atoms with van der Waals surface area (Å²) in [6.07, 6.45) is 5.78. The Labute approximate surface area is 104 Å². The van der Waals surface area contributed by atoms with Crippen molar-refractivity contribution in [1.82, 2.24) is 9.80 Å². The molecule has 4 heteroatoms. The fourth-order valence-electron chi connectivity index (χ4n) is 3.15. The molecule has 17 heavy (non-hydrogen) atoms. The lowest BCUT2D eigenvalue weighted by molar-refractivity contribution is -0.117. The molecule has 0 aromatic carbocycles. The Morgan fingerprint density at radius 3 is 2.18 bits per heavy atom. The molecule has 2 rings (SSSR count). The van der Waals surface area contributed by atoms with Gasteiger partial charge in [-0.25, -0.2) is 0 Å². The van der Waals surface area contributed by atoms with Gasteiger partial charge in [0, 0.05) is 44.7 Å². The Morgan fingerprint density at radius 1 is 1.06 bits per heavy atom. The molecule has 98 valence electrons. The minimum absolute atomic E-state index is 0.0425. The van der Waals surface area contributed by atoms with Crippen LogP contribution < -0.4 is 0 Å². The van der Waals surface area contributed by atoms with Gasteiger partial charge in [0.2, 0.25) is 0 Å². The first-order valence-corrected chi connectivity index (χ1v) is 6.80. The quantitative estimate of drug-likeness (QED) is 0.705. The zero-order valence-corrected chi connectivity index (χ0v) is 10.6. The van der Waals surface area contributed by atoms with E-state index in [1.807, 2.05) is 0 Å². The van der Waals surface area contributed by atoms with E-state index >= 15 is 0 Å². The van der Waals surface area contributed by atoms with Gasteiger partial charge in [0.05, 0.1) is 6.61 Å². The number of carbonyl (C=O) groups excluding carboxylic acids is 1. The van der Waals surface area contributed by atoms with E-state index in [0.717, 1.165) is 52.1 Å². The summed E-state index contributed by atoms with van der Waals surface area (Å²) in [5.74, 6) is 0. The Kier molecular flexibility index (Phi) is 4.54. The van der Waals surface area contributed by atoms with Crippen LogP contribution in [-0.4, -0.2) is 67.1 Å². The van der Waals surface area contributed by atoms with E-state index < -0.39 is 0 Å². The number of hydrogen-bond acceptors (Lipinski definition) is 4. The number of aliphatic hydroxyl groups excluding tert-OH is 1. The van der Waals surface area contributed by atoms with Gasteiger partial charge in [-0.15, -0.1) is 0 Å². The van der Waals surface area contributed by atoms with Crippen LogP contribution in [0.3, 0.4) is 0 Å². The Morgan fingerprint density at radius 2 is 1.65 bits per heavy atom. The van der Waals surface area contributed by atoms with Crippen LogP contribution in [-0.2, 0) is 4.79 Å². The molecule has 1 heterocycles. The van der Waals surface area contributed by atoms with Gasteiger partial charge < -0.3 is 9.90 Å². The number of nitrogens with zero attached hydrogens (tertiary/aromatic N) is 2. The summed E-state index contributed by atoms with van der Waals surface area (Å²) in [5.41, 5.74) is -0.0425. The van der Waals surface area contributed by atoms with Gasteiger partial charge in [-0.2, -0.15) is 0 Å². The summed E-state index contributed by atoms with van der Waals surface area (Å²) >= 11 is 0. The molecule has 0 amide bonds. The lowest BCUT2D eigenvalue weighted by Crippen LogP contribution is -2.50. The summed E-state index contributed by atoms with van der Waals surface area (Å²) in [6.45, 7) is 6.10. The number of carbonyl (C=O) groups is 1. The molecular weight excluding hydrogens is 216 g/mol. The van der Waals surface area contributed by atoms with Gasteiger partial charge in [-0.3, -0.25) is 9.80 Å². The van der Waals surface area contributed by atoms with Crippen LogP contribution in [0.5, 0.6) is 0 Å². The molecule has 2 fully saturated rings. The van der Waals surface area contributed by atoms with Crippen molar-refractivity contribution in [3.63, 3.8) is 0 Å². The van der Waals surface area contributed by atoms with E-state index in [2.05, 4.69) is 9.80 Å². The van der Waals surface area contributed by atoms with Crippen molar-refractivity contribution in [1.29, 1.82) is 0 Å². The minimum Gasteiger partial charge on any atom is -0.395 e. The van der Waals surface area contributed by atoms with Gasteiger partial charge in [0.15, 0.2) is 0 Å². The van der Waals surface area contributed by atoms with E-state index in [1.165, 1.54) is 19.1 Å². The Balaban J connectivity index is 1.79. The average molecular weight is 240 g/mol. The number of aldehydes is 1. The smallest absolute Gasteiger partial charge is 0.127 e. The molecule has 0 aromatic rings. The van der Waals surface area contributed by atoms with E-state index in [-0.39, 0.29) is 12.0 Å². The van der Waals surface area contributed by atoms with Crippen molar-refractivity contribution in [3.05, 3.63) is 0 Å². The van der Waals surface area contributed by atoms with E-state index in [4.69, 9.17) is 5.11 Å². The van der Waals surface area contributed by atoms with Crippen LogP contribution in [0.4, 0.5) is 0 Å². The number of piperazine rings is 1.